The number of nitro groups is 1. The summed E-state index contributed by atoms with van der Waals surface area (Å²) in [7, 11) is 0. The summed E-state index contributed by atoms with van der Waals surface area (Å²) in [5, 5.41) is 13.8. The minimum Gasteiger partial charge on any atom is -0.326 e. The fourth-order valence-corrected chi connectivity index (χ4v) is 2.03. The number of hydrogen-bond acceptors (Lipinski definition) is 4. The summed E-state index contributed by atoms with van der Waals surface area (Å²) in [5.41, 5.74) is 6.43. The van der Waals surface area contributed by atoms with E-state index in [9.17, 15) is 14.9 Å². The Labute approximate surface area is 125 Å². The van der Waals surface area contributed by atoms with E-state index in [0.717, 1.165) is 5.56 Å². The van der Waals surface area contributed by atoms with Crippen LogP contribution in [0, 0.1) is 10.1 Å². The molecule has 0 bridgehead atoms. The highest BCUT2D eigenvalue weighted by Crippen LogP contribution is 2.24. The van der Waals surface area contributed by atoms with Crippen LogP contribution in [0.1, 0.15) is 15.9 Å². The molecule has 21 heavy (non-hydrogen) atoms. The van der Waals surface area contributed by atoms with Crippen molar-refractivity contribution in [2.75, 3.05) is 5.32 Å². The Morgan fingerprint density at radius 3 is 2.67 bits per heavy atom. The average molecular weight is 306 g/mol. The molecular weight excluding hydrogens is 294 g/mol. The van der Waals surface area contributed by atoms with E-state index in [1.807, 2.05) is 0 Å². The second kappa shape index (κ2) is 6.34. The molecule has 7 heteroatoms. The zero-order chi connectivity index (χ0) is 15.4. The quantitative estimate of drug-likeness (QED) is 0.670. The Kier molecular flexibility index (Phi) is 4.52. The summed E-state index contributed by atoms with van der Waals surface area (Å²) in [4.78, 5) is 22.6. The molecule has 0 saturated carbocycles. The van der Waals surface area contributed by atoms with Crippen LogP contribution >= 0.6 is 11.6 Å². The number of hydrogen-bond donors (Lipinski definition) is 2. The van der Waals surface area contributed by atoms with Gasteiger partial charge in [0.25, 0.3) is 11.6 Å². The molecule has 0 aliphatic carbocycles. The highest BCUT2D eigenvalue weighted by molar-refractivity contribution is 6.31. The normalized spacial score (nSPS) is 10.2. The number of nitrogens with two attached hydrogens (primary N) is 1. The molecule has 0 heterocycles. The van der Waals surface area contributed by atoms with Crippen molar-refractivity contribution in [3.8, 4) is 0 Å². The van der Waals surface area contributed by atoms with Crippen LogP contribution in [0.15, 0.2) is 42.5 Å². The minimum atomic E-state index is -0.625. The van der Waals surface area contributed by atoms with Crippen molar-refractivity contribution < 1.29 is 9.72 Å². The summed E-state index contributed by atoms with van der Waals surface area (Å²) in [6, 6.07) is 10.8. The van der Waals surface area contributed by atoms with Crippen molar-refractivity contribution in [2.45, 2.75) is 6.54 Å². The van der Waals surface area contributed by atoms with E-state index in [-0.39, 0.29) is 22.8 Å². The maximum atomic E-state index is 12.2. The SMILES string of the molecule is NCc1ccccc1NC(=O)c1cc(Cl)ccc1[N+](=O)[O-]. The smallest absolute Gasteiger partial charge is 0.282 e. The largest absolute Gasteiger partial charge is 0.326 e. The van der Waals surface area contributed by atoms with Crippen molar-refractivity contribution in [1.82, 2.24) is 0 Å². The maximum Gasteiger partial charge on any atom is 0.282 e. The molecule has 1 amide bonds. The summed E-state index contributed by atoms with van der Waals surface area (Å²) in [6.45, 7) is 0.244. The first-order chi connectivity index (χ1) is 10.0. The fraction of sp³-hybridized carbons (Fsp3) is 0.0714. The van der Waals surface area contributed by atoms with E-state index in [1.54, 1.807) is 24.3 Å². The zero-order valence-corrected chi connectivity index (χ0v) is 11.6. The van der Waals surface area contributed by atoms with Gasteiger partial charge in [-0.1, -0.05) is 29.8 Å². The number of carbonyl (C=O) groups excluding carboxylic acids is 1. The number of benzene rings is 2. The van der Waals surface area contributed by atoms with Crippen molar-refractivity contribution in [1.29, 1.82) is 0 Å². The van der Waals surface area contributed by atoms with Gasteiger partial charge in [-0.25, -0.2) is 0 Å². The van der Waals surface area contributed by atoms with Gasteiger partial charge in [0.1, 0.15) is 5.56 Å². The van der Waals surface area contributed by atoms with Gasteiger partial charge in [-0.15, -0.1) is 0 Å². The van der Waals surface area contributed by atoms with Crippen molar-refractivity contribution in [3.05, 3.63) is 68.7 Å². The molecule has 0 spiro atoms. The molecule has 3 N–H and O–H groups in total. The number of nitro benzene ring substituents is 1. The number of nitrogens with one attached hydrogen (secondary N) is 1. The van der Waals surface area contributed by atoms with Gasteiger partial charge >= 0.3 is 0 Å². The van der Waals surface area contributed by atoms with Gasteiger partial charge in [-0.2, -0.15) is 0 Å². The predicted octanol–water partition coefficient (Wildman–Crippen LogP) is 2.96. The Hall–Kier alpha value is -2.44. The highest BCUT2D eigenvalue weighted by Gasteiger charge is 2.21. The molecule has 0 atom stereocenters. The summed E-state index contributed by atoms with van der Waals surface area (Å²) < 4.78 is 0. The Morgan fingerprint density at radius 2 is 2.00 bits per heavy atom. The van der Waals surface area contributed by atoms with Crippen LogP contribution in [-0.2, 0) is 6.54 Å². The zero-order valence-electron chi connectivity index (χ0n) is 10.9. The maximum absolute atomic E-state index is 12.2. The standard InChI is InChI=1S/C14H12ClN3O3/c15-10-5-6-13(18(20)21)11(7-10)14(19)17-12-4-2-1-3-9(12)8-16/h1-7H,8,16H2,(H,17,19). The number of anilines is 1. The molecule has 2 aromatic rings. The molecule has 0 aliphatic heterocycles. The van der Waals surface area contributed by atoms with Crippen LogP contribution in [0.2, 0.25) is 5.02 Å². The van der Waals surface area contributed by atoms with E-state index >= 15 is 0 Å². The lowest BCUT2D eigenvalue weighted by Gasteiger charge is -2.10. The van der Waals surface area contributed by atoms with E-state index in [1.165, 1.54) is 18.2 Å². The van der Waals surface area contributed by atoms with E-state index < -0.39 is 10.8 Å². The Bertz CT molecular complexity index is 704. The molecular formula is C14H12ClN3O3. The monoisotopic (exact) mass is 305 g/mol. The number of halogens is 1. The highest BCUT2D eigenvalue weighted by atomic mass is 35.5. The van der Waals surface area contributed by atoms with Gasteiger partial charge in [0, 0.05) is 23.3 Å². The second-order valence-corrected chi connectivity index (χ2v) is 4.67. The second-order valence-electron chi connectivity index (χ2n) is 4.23. The van der Waals surface area contributed by atoms with Gasteiger partial charge in [0.2, 0.25) is 0 Å². The van der Waals surface area contributed by atoms with Crippen molar-refractivity contribution in [3.63, 3.8) is 0 Å². The molecule has 0 radical (unpaired) electrons. The molecule has 6 nitrogen and oxygen atoms in total. The third kappa shape index (κ3) is 3.36. The van der Waals surface area contributed by atoms with Crippen LogP contribution in [0.5, 0.6) is 0 Å². The molecule has 2 aromatic carbocycles. The third-order valence-corrected chi connectivity index (χ3v) is 3.12. The molecule has 108 valence electrons. The average Bonchev–Trinajstić information content (AvgIpc) is 2.47. The van der Waals surface area contributed by atoms with Gasteiger partial charge in [-0.3, -0.25) is 14.9 Å². The summed E-state index contributed by atoms with van der Waals surface area (Å²) in [6.07, 6.45) is 0. The van der Waals surface area contributed by atoms with Crippen LogP contribution < -0.4 is 11.1 Å². The van der Waals surface area contributed by atoms with Gasteiger partial charge in [0.05, 0.1) is 4.92 Å². The first kappa shape index (κ1) is 15.0. The molecule has 0 aliphatic rings. The third-order valence-electron chi connectivity index (χ3n) is 2.89. The Morgan fingerprint density at radius 1 is 1.29 bits per heavy atom. The number of rotatable bonds is 4. The first-order valence-electron chi connectivity index (χ1n) is 6.06. The molecule has 0 fully saturated rings. The summed E-state index contributed by atoms with van der Waals surface area (Å²) in [5.74, 6) is -0.606. The number of para-hydroxylation sites is 1. The van der Waals surface area contributed by atoms with Gasteiger partial charge in [0.15, 0.2) is 0 Å². The molecule has 0 aromatic heterocycles. The Balaban J connectivity index is 2.37. The number of carbonyl (C=O) groups is 1. The minimum absolute atomic E-state index is 0.0978. The molecule has 2 rings (SSSR count). The fourth-order valence-electron chi connectivity index (χ4n) is 1.86. The predicted molar refractivity (Wildman–Crippen MR) is 80.4 cm³/mol. The lowest BCUT2D eigenvalue weighted by atomic mass is 10.1. The summed E-state index contributed by atoms with van der Waals surface area (Å²) >= 11 is 5.80. The van der Waals surface area contributed by atoms with Crippen molar-refractivity contribution in [2.24, 2.45) is 5.73 Å². The number of nitrogens with zero attached hydrogens (tertiary/aromatic N) is 1. The van der Waals surface area contributed by atoms with Crippen LogP contribution in [-0.4, -0.2) is 10.8 Å². The number of amides is 1. The molecule has 0 saturated heterocycles. The first-order valence-corrected chi connectivity index (χ1v) is 6.44. The van der Waals surface area contributed by atoms with E-state index in [2.05, 4.69) is 5.32 Å². The van der Waals surface area contributed by atoms with Crippen molar-refractivity contribution >= 4 is 28.9 Å². The van der Waals surface area contributed by atoms with Crippen LogP contribution in [0.3, 0.4) is 0 Å². The molecule has 0 unspecified atom stereocenters. The van der Waals surface area contributed by atoms with Crippen LogP contribution in [0.4, 0.5) is 11.4 Å². The topological polar surface area (TPSA) is 98.3 Å². The van der Waals surface area contributed by atoms with Gasteiger partial charge < -0.3 is 11.1 Å². The van der Waals surface area contributed by atoms with Crippen LogP contribution in [0.25, 0.3) is 0 Å². The van der Waals surface area contributed by atoms with Gasteiger partial charge in [-0.05, 0) is 23.8 Å². The lowest BCUT2D eigenvalue weighted by Crippen LogP contribution is -2.16. The van der Waals surface area contributed by atoms with E-state index in [4.69, 9.17) is 17.3 Å². The van der Waals surface area contributed by atoms with E-state index in [0.29, 0.717) is 5.69 Å². The lowest BCUT2D eigenvalue weighted by molar-refractivity contribution is -0.385.